The fraction of sp³-hybridized carbons (Fsp3) is 0.630. The van der Waals surface area contributed by atoms with E-state index in [1.165, 1.54) is 24.3 Å². The van der Waals surface area contributed by atoms with E-state index in [0.717, 1.165) is 43.8 Å². The van der Waals surface area contributed by atoms with Crippen molar-refractivity contribution in [1.29, 1.82) is 0 Å². The summed E-state index contributed by atoms with van der Waals surface area (Å²) in [5.74, 6) is 0.0202. The number of thioether (sulfide) groups is 1. The van der Waals surface area contributed by atoms with Gasteiger partial charge in [-0.2, -0.15) is 0 Å². The number of nitrogens with one attached hydrogen (secondary N) is 1. The summed E-state index contributed by atoms with van der Waals surface area (Å²) in [6, 6.07) is 4.63. The first-order valence-electron chi connectivity index (χ1n) is 13.0. The number of nitrogens with zero attached hydrogens (tertiary/aromatic N) is 3. The van der Waals surface area contributed by atoms with Crippen molar-refractivity contribution in [2.75, 3.05) is 39.5 Å². The van der Waals surface area contributed by atoms with Gasteiger partial charge in [0.2, 0.25) is 5.91 Å². The summed E-state index contributed by atoms with van der Waals surface area (Å²) in [4.78, 5) is 48.7. The topological polar surface area (TPSA) is 82.1 Å². The minimum Gasteiger partial charge on any atom is -0.333 e. The number of carbonyl (C=O) groups excluding carboxylic acids is 3. The largest absolute Gasteiger partial charge is 0.333 e. The van der Waals surface area contributed by atoms with Crippen LogP contribution >= 0.6 is 11.8 Å². The van der Waals surface area contributed by atoms with E-state index in [0.29, 0.717) is 17.9 Å². The van der Waals surface area contributed by atoms with Gasteiger partial charge in [-0.05, 0) is 90.0 Å². The number of likely N-dealkylation sites (tertiary alicyclic amines) is 2. The molecule has 196 valence electrons. The highest BCUT2D eigenvalue weighted by molar-refractivity contribution is 8.14. The fourth-order valence-corrected chi connectivity index (χ4v) is 6.65. The molecule has 0 bridgehead atoms. The van der Waals surface area contributed by atoms with Crippen LogP contribution in [0.4, 0.5) is 4.39 Å². The Labute approximate surface area is 217 Å². The highest BCUT2D eigenvalue weighted by Crippen LogP contribution is 2.35. The normalized spacial score (nSPS) is 25.0. The number of amides is 1. The van der Waals surface area contributed by atoms with E-state index < -0.39 is 6.04 Å². The molecule has 9 heteroatoms. The molecule has 3 heterocycles. The van der Waals surface area contributed by atoms with Crippen LogP contribution in [0.3, 0.4) is 0 Å². The number of rotatable bonds is 9. The standard InChI is InChI=1S/C27H37FN4O3S/c1-17(29-2)24(33)15-21(18-10-13-31(3)14-11-18)27(35)32-12-4-5-23(32)26-30-22(16-36-26)25(34)19-6-8-20(28)9-7-19/h6-9,17-18,21-23,29H,4-5,10-16H2,1-3H3/t17-,21-,22?,23?/m0/s1. The molecule has 4 atom stereocenters. The van der Waals surface area contributed by atoms with Gasteiger partial charge in [0.25, 0.3) is 0 Å². The number of hydrogen-bond donors (Lipinski definition) is 1. The Kier molecular flexibility index (Phi) is 8.96. The lowest BCUT2D eigenvalue weighted by atomic mass is 9.79. The third-order valence-electron chi connectivity index (χ3n) is 7.91. The van der Waals surface area contributed by atoms with E-state index in [1.54, 1.807) is 18.8 Å². The van der Waals surface area contributed by atoms with Crippen LogP contribution in [0.25, 0.3) is 0 Å². The summed E-state index contributed by atoms with van der Waals surface area (Å²) >= 11 is 1.54. The zero-order chi connectivity index (χ0) is 25.8. The lowest BCUT2D eigenvalue weighted by molar-refractivity contribution is -0.140. The number of piperidine rings is 1. The van der Waals surface area contributed by atoms with Crippen molar-refractivity contribution in [2.24, 2.45) is 16.8 Å². The van der Waals surface area contributed by atoms with Crippen LogP contribution in [0.2, 0.25) is 0 Å². The maximum atomic E-state index is 14.0. The minimum atomic E-state index is -0.518. The van der Waals surface area contributed by atoms with E-state index in [1.807, 2.05) is 11.8 Å². The van der Waals surface area contributed by atoms with Gasteiger partial charge in [-0.15, -0.1) is 11.8 Å². The lowest BCUT2D eigenvalue weighted by Gasteiger charge is -2.37. The molecule has 0 spiro atoms. The van der Waals surface area contributed by atoms with Crippen molar-refractivity contribution in [1.82, 2.24) is 15.1 Å². The quantitative estimate of drug-likeness (QED) is 0.508. The summed E-state index contributed by atoms with van der Waals surface area (Å²) in [7, 11) is 3.86. The SMILES string of the molecule is CN[C@@H](C)C(=O)C[C@H](C(=O)N1CCCC1C1=NC(C(=O)c2ccc(F)cc2)CS1)C1CCN(C)CC1. The molecule has 7 nitrogen and oxygen atoms in total. The molecule has 3 aliphatic heterocycles. The second-order valence-corrected chi connectivity index (χ2v) is 11.3. The lowest BCUT2D eigenvalue weighted by Crippen LogP contribution is -2.47. The van der Waals surface area contributed by atoms with Crippen LogP contribution in [0.1, 0.15) is 49.4 Å². The molecular weight excluding hydrogens is 479 g/mol. The Balaban J connectivity index is 1.50. The number of ketones is 2. The first kappa shape index (κ1) is 26.9. The molecule has 1 N–H and O–H groups in total. The van der Waals surface area contributed by atoms with Gasteiger partial charge in [0, 0.05) is 30.2 Å². The molecule has 36 heavy (non-hydrogen) atoms. The minimum absolute atomic E-state index is 0.0558. The molecule has 2 fully saturated rings. The second kappa shape index (κ2) is 12.0. The summed E-state index contributed by atoms with van der Waals surface area (Å²) in [5.41, 5.74) is 0.450. The van der Waals surface area contributed by atoms with Crippen molar-refractivity contribution in [3.8, 4) is 0 Å². The molecule has 2 unspecified atom stereocenters. The number of carbonyl (C=O) groups is 3. The number of halogens is 1. The van der Waals surface area contributed by atoms with Gasteiger partial charge in [0.15, 0.2) is 5.78 Å². The zero-order valence-corrected chi connectivity index (χ0v) is 22.2. The molecule has 2 saturated heterocycles. The highest BCUT2D eigenvalue weighted by atomic mass is 32.2. The van der Waals surface area contributed by atoms with Gasteiger partial charge >= 0.3 is 0 Å². The van der Waals surface area contributed by atoms with Gasteiger partial charge in [0.1, 0.15) is 17.6 Å². The van der Waals surface area contributed by atoms with E-state index in [4.69, 9.17) is 4.99 Å². The molecule has 0 aliphatic carbocycles. The third-order valence-corrected chi connectivity index (χ3v) is 9.07. The van der Waals surface area contributed by atoms with E-state index in [2.05, 4.69) is 17.3 Å². The van der Waals surface area contributed by atoms with Crippen LogP contribution in [0.5, 0.6) is 0 Å². The average Bonchev–Trinajstić information content (AvgIpc) is 3.57. The molecule has 3 aliphatic rings. The molecule has 4 rings (SSSR count). The summed E-state index contributed by atoms with van der Waals surface area (Å²) in [5, 5.41) is 3.85. The maximum Gasteiger partial charge on any atom is 0.226 e. The highest BCUT2D eigenvalue weighted by Gasteiger charge is 2.42. The second-order valence-electron chi connectivity index (χ2n) is 10.3. The Morgan fingerprint density at radius 3 is 2.50 bits per heavy atom. The predicted molar refractivity (Wildman–Crippen MR) is 141 cm³/mol. The predicted octanol–water partition coefficient (Wildman–Crippen LogP) is 3.04. The number of likely N-dealkylation sites (N-methyl/N-ethyl adjacent to an activating group) is 1. The first-order chi connectivity index (χ1) is 17.3. The van der Waals surface area contributed by atoms with Crippen molar-refractivity contribution in [3.05, 3.63) is 35.6 Å². The van der Waals surface area contributed by atoms with Crippen LogP contribution in [0.15, 0.2) is 29.3 Å². The van der Waals surface area contributed by atoms with Gasteiger partial charge in [-0.3, -0.25) is 19.4 Å². The summed E-state index contributed by atoms with van der Waals surface area (Å²) < 4.78 is 13.3. The van der Waals surface area contributed by atoms with E-state index in [-0.39, 0.29) is 53.6 Å². The monoisotopic (exact) mass is 516 g/mol. The zero-order valence-electron chi connectivity index (χ0n) is 21.4. The van der Waals surface area contributed by atoms with Gasteiger partial charge < -0.3 is 15.1 Å². The number of Topliss-reactive ketones (excluding diaryl/α,β-unsaturated/α-hetero) is 2. The Bertz CT molecular complexity index is 993. The Morgan fingerprint density at radius 1 is 1.14 bits per heavy atom. The van der Waals surface area contributed by atoms with E-state index >= 15 is 0 Å². The number of benzene rings is 1. The molecule has 1 aromatic carbocycles. The Morgan fingerprint density at radius 2 is 1.83 bits per heavy atom. The molecule has 0 radical (unpaired) electrons. The smallest absolute Gasteiger partial charge is 0.226 e. The molecule has 0 saturated carbocycles. The molecule has 1 amide bonds. The van der Waals surface area contributed by atoms with Gasteiger partial charge in [-0.25, -0.2) is 4.39 Å². The maximum absolute atomic E-state index is 14.0. The molecular formula is C27H37FN4O3S. The van der Waals surface area contributed by atoms with E-state index in [9.17, 15) is 18.8 Å². The first-order valence-corrected chi connectivity index (χ1v) is 14.0. The number of aliphatic imine (C=N–C) groups is 1. The van der Waals surface area contributed by atoms with Crippen LogP contribution in [0, 0.1) is 17.7 Å². The van der Waals surface area contributed by atoms with Crippen molar-refractivity contribution in [2.45, 2.75) is 57.2 Å². The van der Waals surface area contributed by atoms with Crippen LogP contribution < -0.4 is 5.32 Å². The summed E-state index contributed by atoms with van der Waals surface area (Å²) in [6.45, 7) is 4.37. The Hall–Kier alpha value is -2.10. The summed E-state index contributed by atoms with van der Waals surface area (Å²) in [6.07, 6.45) is 3.78. The van der Waals surface area contributed by atoms with Gasteiger partial charge in [0.05, 0.1) is 17.1 Å². The van der Waals surface area contributed by atoms with Crippen LogP contribution in [-0.2, 0) is 9.59 Å². The van der Waals surface area contributed by atoms with Crippen molar-refractivity contribution < 1.29 is 18.8 Å². The van der Waals surface area contributed by atoms with Crippen LogP contribution in [-0.4, -0.2) is 89.9 Å². The third kappa shape index (κ3) is 6.06. The van der Waals surface area contributed by atoms with Crippen molar-refractivity contribution >= 4 is 34.3 Å². The van der Waals surface area contributed by atoms with Crippen molar-refractivity contribution in [3.63, 3.8) is 0 Å². The average molecular weight is 517 g/mol. The molecule has 1 aromatic rings. The fourth-order valence-electron chi connectivity index (χ4n) is 5.46. The molecule has 0 aromatic heterocycles. The van der Waals surface area contributed by atoms with Gasteiger partial charge in [-0.1, -0.05) is 0 Å². The number of hydrogen-bond acceptors (Lipinski definition) is 7.